The summed E-state index contributed by atoms with van der Waals surface area (Å²) in [5.74, 6) is -2.09. The van der Waals surface area contributed by atoms with Gasteiger partial charge < -0.3 is 29.0 Å². The van der Waals surface area contributed by atoms with Crippen LogP contribution in [0.1, 0.15) is 50.7 Å². The van der Waals surface area contributed by atoms with Crippen molar-refractivity contribution in [3.8, 4) is 5.75 Å². The van der Waals surface area contributed by atoms with Gasteiger partial charge in [-0.05, 0) is 50.5 Å². The normalized spacial score (nSPS) is 28.1. The molecule has 1 saturated heterocycles. The van der Waals surface area contributed by atoms with E-state index in [2.05, 4.69) is 10.1 Å². The third-order valence-electron chi connectivity index (χ3n) is 7.03. The minimum Gasteiger partial charge on any atom is -0.406 e. The first-order valence-corrected chi connectivity index (χ1v) is 12.9. The highest BCUT2D eigenvalue weighted by Crippen LogP contribution is 2.44. The van der Waals surface area contributed by atoms with Gasteiger partial charge in [0.1, 0.15) is 17.7 Å². The summed E-state index contributed by atoms with van der Waals surface area (Å²) in [5.41, 5.74) is -0.653. The lowest BCUT2D eigenvalue weighted by Crippen LogP contribution is -2.60. The molecule has 1 heterocycles. The van der Waals surface area contributed by atoms with Crippen LogP contribution in [0, 0.1) is 5.82 Å². The van der Waals surface area contributed by atoms with Crippen molar-refractivity contribution in [2.45, 2.75) is 94.8 Å². The third-order valence-corrected chi connectivity index (χ3v) is 7.03. The van der Waals surface area contributed by atoms with Gasteiger partial charge in [-0.3, -0.25) is 4.79 Å². The number of fused-ring (bicyclic) bond motifs is 1. The fourth-order valence-corrected chi connectivity index (χ4v) is 5.12. The molecular formula is C28H31F4NO6. The second-order valence-electron chi connectivity index (χ2n) is 10.7. The van der Waals surface area contributed by atoms with Crippen LogP contribution in [0.4, 0.5) is 17.6 Å². The molecule has 39 heavy (non-hydrogen) atoms. The quantitative estimate of drug-likeness (QED) is 0.433. The summed E-state index contributed by atoms with van der Waals surface area (Å²) >= 11 is 0. The highest BCUT2D eigenvalue weighted by atomic mass is 19.4. The van der Waals surface area contributed by atoms with E-state index in [9.17, 15) is 22.4 Å². The lowest BCUT2D eigenvalue weighted by molar-refractivity contribution is -0.274. The maximum absolute atomic E-state index is 14.4. The Kier molecular flexibility index (Phi) is 7.62. The van der Waals surface area contributed by atoms with E-state index in [0.29, 0.717) is 11.1 Å². The summed E-state index contributed by atoms with van der Waals surface area (Å²) in [6, 6.07) is 11.7. The molecule has 11 heteroatoms. The van der Waals surface area contributed by atoms with Crippen molar-refractivity contribution in [2.24, 2.45) is 0 Å². The van der Waals surface area contributed by atoms with Gasteiger partial charge in [-0.15, -0.1) is 13.2 Å². The topological polar surface area (TPSA) is 75.2 Å². The van der Waals surface area contributed by atoms with E-state index in [0.717, 1.165) is 12.8 Å². The van der Waals surface area contributed by atoms with Gasteiger partial charge in [0.05, 0.1) is 25.4 Å². The lowest BCUT2D eigenvalue weighted by Gasteiger charge is -2.43. The first kappa shape index (κ1) is 27.8. The van der Waals surface area contributed by atoms with E-state index >= 15 is 0 Å². The van der Waals surface area contributed by atoms with E-state index in [4.69, 9.17) is 18.9 Å². The number of carbonyl (C=O) groups is 1. The van der Waals surface area contributed by atoms with Crippen LogP contribution in [-0.4, -0.2) is 48.0 Å². The zero-order chi connectivity index (χ0) is 27.8. The first-order valence-electron chi connectivity index (χ1n) is 12.9. The fraction of sp³-hybridized carbons (Fsp3) is 0.536. The van der Waals surface area contributed by atoms with Gasteiger partial charge in [-0.2, -0.15) is 0 Å². The van der Waals surface area contributed by atoms with E-state index in [1.165, 1.54) is 24.3 Å². The molecule has 0 radical (unpaired) electrons. The Balaban J connectivity index is 1.38. The Labute approximate surface area is 223 Å². The van der Waals surface area contributed by atoms with Crippen LogP contribution >= 0.6 is 0 Å². The smallest absolute Gasteiger partial charge is 0.406 e. The van der Waals surface area contributed by atoms with Gasteiger partial charge in [0.2, 0.25) is 0 Å². The Morgan fingerprint density at radius 2 is 1.82 bits per heavy atom. The molecule has 2 aromatic carbocycles. The van der Waals surface area contributed by atoms with Crippen LogP contribution in [0.5, 0.6) is 5.75 Å². The van der Waals surface area contributed by atoms with E-state index in [1.807, 2.05) is 0 Å². The van der Waals surface area contributed by atoms with Gasteiger partial charge in [-0.25, -0.2) is 4.39 Å². The van der Waals surface area contributed by atoms with Crippen molar-refractivity contribution in [1.82, 2.24) is 5.32 Å². The van der Waals surface area contributed by atoms with Gasteiger partial charge >= 0.3 is 6.36 Å². The Morgan fingerprint density at radius 1 is 1.05 bits per heavy atom. The van der Waals surface area contributed by atoms with Crippen LogP contribution < -0.4 is 10.1 Å². The molecule has 0 aromatic heterocycles. The molecule has 1 N–H and O–H groups in total. The number of rotatable bonds is 9. The van der Waals surface area contributed by atoms with E-state index in [1.54, 1.807) is 38.1 Å². The van der Waals surface area contributed by atoms with Crippen molar-refractivity contribution in [1.29, 1.82) is 0 Å². The number of hydrogen-bond donors (Lipinski definition) is 1. The molecule has 3 aliphatic rings. The molecular weight excluding hydrogens is 522 g/mol. The minimum absolute atomic E-state index is 0.0529. The SMILES string of the molecule is CC1(C)O[C@H]2[C@@H](OCc3cccc(OC(F)(F)F)c3)C[C@](OCc3ccccc3F)(C(=O)NC3CC3)C[C@H]2O1. The van der Waals surface area contributed by atoms with Gasteiger partial charge in [-0.1, -0.05) is 30.3 Å². The molecule has 2 saturated carbocycles. The predicted molar refractivity (Wildman–Crippen MR) is 130 cm³/mol. The Bertz CT molecular complexity index is 1190. The summed E-state index contributed by atoms with van der Waals surface area (Å²) in [6.07, 6.45) is -4.65. The second kappa shape index (κ2) is 10.7. The van der Waals surface area contributed by atoms with Crippen molar-refractivity contribution in [3.63, 3.8) is 0 Å². The number of ether oxygens (including phenoxy) is 5. The second-order valence-corrected chi connectivity index (χ2v) is 10.7. The monoisotopic (exact) mass is 553 g/mol. The number of alkyl halides is 3. The van der Waals surface area contributed by atoms with Crippen LogP contribution in [-0.2, 0) is 37.0 Å². The van der Waals surface area contributed by atoms with Gasteiger partial charge in [0, 0.05) is 24.4 Å². The first-order chi connectivity index (χ1) is 18.4. The molecule has 1 amide bonds. The number of carbonyl (C=O) groups excluding carboxylic acids is 1. The molecule has 0 spiro atoms. The summed E-state index contributed by atoms with van der Waals surface area (Å²) in [6.45, 7) is 3.30. The van der Waals surface area contributed by atoms with E-state index in [-0.39, 0.29) is 43.8 Å². The van der Waals surface area contributed by atoms with Gasteiger partial charge in [0.25, 0.3) is 5.91 Å². The van der Waals surface area contributed by atoms with Crippen LogP contribution in [0.3, 0.4) is 0 Å². The molecule has 3 fully saturated rings. The van der Waals surface area contributed by atoms with Crippen LogP contribution in [0.2, 0.25) is 0 Å². The average molecular weight is 554 g/mol. The number of halogens is 4. The van der Waals surface area contributed by atoms with Crippen LogP contribution in [0.15, 0.2) is 48.5 Å². The number of amides is 1. The highest BCUT2D eigenvalue weighted by Gasteiger charge is 2.58. The molecule has 0 unspecified atom stereocenters. The Hall–Kier alpha value is -2.73. The predicted octanol–water partition coefficient (Wildman–Crippen LogP) is 5.16. The number of nitrogens with one attached hydrogen (secondary N) is 1. The zero-order valence-electron chi connectivity index (χ0n) is 21.6. The van der Waals surface area contributed by atoms with Crippen molar-refractivity contribution in [3.05, 3.63) is 65.5 Å². The molecule has 1 aliphatic heterocycles. The lowest BCUT2D eigenvalue weighted by atomic mass is 9.78. The van der Waals surface area contributed by atoms with Crippen LogP contribution in [0.25, 0.3) is 0 Å². The maximum atomic E-state index is 14.4. The molecule has 2 aromatic rings. The van der Waals surface area contributed by atoms with Crippen molar-refractivity contribution < 1.29 is 46.0 Å². The molecule has 2 aliphatic carbocycles. The highest BCUT2D eigenvalue weighted by molar-refractivity contribution is 5.86. The Morgan fingerprint density at radius 3 is 2.54 bits per heavy atom. The molecule has 0 bridgehead atoms. The summed E-state index contributed by atoms with van der Waals surface area (Å²) in [5, 5.41) is 3.01. The van der Waals surface area contributed by atoms with Crippen molar-refractivity contribution in [2.75, 3.05) is 0 Å². The molecule has 4 atom stereocenters. The van der Waals surface area contributed by atoms with Gasteiger partial charge in [0.15, 0.2) is 11.4 Å². The number of benzene rings is 2. The molecule has 5 rings (SSSR count). The summed E-state index contributed by atoms with van der Waals surface area (Å²) in [4.78, 5) is 13.6. The standard InChI is InChI=1S/C28H31F4NO6/c1-26(2)38-23-14-27(25(34)33-19-10-11-19,36-16-18-7-3-4-9-21(18)29)13-22(24(23)39-26)35-15-17-6-5-8-20(12-17)37-28(30,31)32/h3-9,12,19,22-24H,10-11,13-16H2,1-2H3,(H,33,34)/t22-,23+,24-,27+/m0/s1. The zero-order valence-corrected chi connectivity index (χ0v) is 21.6. The van der Waals surface area contributed by atoms with E-state index < -0.39 is 41.9 Å². The molecule has 212 valence electrons. The third kappa shape index (κ3) is 6.89. The fourth-order valence-electron chi connectivity index (χ4n) is 5.12. The summed E-state index contributed by atoms with van der Waals surface area (Å²) in [7, 11) is 0. The van der Waals surface area contributed by atoms with Crippen molar-refractivity contribution >= 4 is 5.91 Å². The summed E-state index contributed by atoms with van der Waals surface area (Å²) < 4.78 is 81.2. The maximum Gasteiger partial charge on any atom is 0.573 e. The largest absolute Gasteiger partial charge is 0.573 e. The molecule has 7 nitrogen and oxygen atoms in total. The average Bonchev–Trinajstić information content (AvgIpc) is 3.61. The minimum atomic E-state index is -4.82. The number of hydrogen-bond acceptors (Lipinski definition) is 6.